The van der Waals surface area contributed by atoms with Gasteiger partial charge in [-0.25, -0.2) is 8.42 Å². The number of halogens is 1. The van der Waals surface area contributed by atoms with Crippen molar-refractivity contribution in [2.75, 3.05) is 22.4 Å². The summed E-state index contributed by atoms with van der Waals surface area (Å²) in [7, 11) is -3.60. The molecule has 2 aromatic rings. The normalized spacial score (nSPS) is 16.9. The van der Waals surface area contributed by atoms with Crippen molar-refractivity contribution < 1.29 is 17.9 Å². The Bertz CT molecular complexity index is 1020. The Labute approximate surface area is 170 Å². The number of nitrogens with zero attached hydrogens (tertiary/aromatic N) is 1. The summed E-state index contributed by atoms with van der Waals surface area (Å²) in [5.74, 6) is -0.115. The van der Waals surface area contributed by atoms with Gasteiger partial charge in [0.15, 0.2) is 6.10 Å². The van der Waals surface area contributed by atoms with E-state index in [4.69, 9.17) is 16.3 Å². The first-order chi connectivity index (χ1) is 13.0. The smallest absolute Gasteiger partial charge is 0.267 e. The summed E-state index contributed by atoms with van der Waals surface area (Å²) >= 11 is 6.09. The van der Waals surface area contributed by atoms with Crippen molar-refractivity contribution in [1.29, 1.82) is 0 Å². The Kier molecular flexibility index (Phi) is 5.34. The third-order valence-corrected chi connectivity index (χ3v) is 6.00. The van der Waals surface area contributed by atoms with Crippen molar-refractivity contribution in [2.24, 2.45) is 0 Å². The van der Waals surface area contributed by atoms with Crippen LogP contribution < -0.4 is 14.4 Å². The molecule has 0 aromatic heterocycles. The number of carbonyl (C=O) groups is 1. The lowest BCUT2D eigenvalue weighted by molar-refractivity contribution is -0.122. The standard InChI is InChI=1S/C20H23ClN2O4S/c1-20(2,3)13-9-10-17-16(11-13)23(28(4,25)26)12-18(27-17)19(24)22-15-8-6-5-7-14(15)21/h5-11,18H,12H2,1-4H3,(H,22,24)/t18-/m1/s1. The molecule has 0 spiro atoms. The largest absolute Gasteiger partial charge is 0.476 e. The van der Waals surface area contributed by atoms with E-state index in [1.54, 1.807) is 36.4 Å². The Morgan fingerprint density at radius 3 is 2.50 bits per heavy atom. The number of fused-ring (bicyclic) bond motifs is 1. The summed E-state index contributed by atoms with van der Waals surface area (Å²) in [4.78, 5) is 12.7. The van der Waals surface area contributed by atoms with Crippen molar-refractivity contribution >= 4 is 38.9 Å². The molecule has 150 valence electrons. The molecule has 1 aliphatic rings. The van der Waals surface area contributed by atoms with Crippen molar-refractivity contribution in [2.45, 2.75) is 32.3 Å². The minimum Gasteiger partial charge on any atom is -0.476 e. The van der Waals surface area contributed by atoms with E-state index < -0.39 is 22.0 Å². The van der Waals surface area contributed by atoms with Crippen LogP contribution in [-0.2, 0) is 20.2 Å². The molecule has 0 saturated carbocycles. The van der Waals surface area contributed by atoms with Crippen LogP contribution in [0.3, 0.4) is 0 Å². The second kappa shape index (κ2) is 7.29. The van der Waals surface area contributed by atoms with Crippen LogP contribution in [0, 0.1) is 0 Å². The van der Waals surface area contributed by atoms with Crippen molar-refractivity contribution in [3.05, 3.63) is 53.1 Å². The molecule has 3 rings (SSSR count). The predicted molar refractivity (Wildman–Crippen MR) is 112 cm³/mol. The van der Waals surface area contributed by atoms with E-state index in [1.165, 1.54) is 4.31 Å². The number of amides is 1. The lowest BCUT2D eigenvalue weighted by Gasteiger charge is -2.35. The van der Waals surface area contributed by atoms with Gasteiger partial charge in [0.25, 0.3) is 5.91 Å². The highest BCUT2D eigenvalue weighted by molar-refractivity contribution is 7.92. The zero-order chi connectivity index (χ0) is 20.7. The molecule has 1 heterocycles. The van der Waals surface area contributed by atoms with Gasteiger partial charge in [0.05, 0.1) is 29.2 Å². The number of anilines is 2. The van der Waals surface area contributed by atoms with Crippen LogP contribution in [0.25, 0.3) is 0 Å². The maximum atomic E-state index is 12.7. The minimum atomic E-state index is -3.60. The fourth-order valence-corrected chi connectivity index (χ4v) is 4.03. The summed E-state index contributed by atoms with van der Waals surface area (Å²) in [6.07, 6.45) is 0.119. The Morgan fingerprint density at radius 2 is 1.89 bits per heavy atom. The van der Waals surface area contributed by atoms with Gasteiger partial charge in [0, 0.05) is 0 Å². The summed E-state index contributed by atoms with van der Waals surface area (Å²) in [5.41, 5.74) is 1.70. The molecule has 0 bridgehead atoms. The van der Waals surface area contributed by atoms with Crippen molar-refractivity contribution in [1.82, 2.24) is 0 Å². The zero-order valence-electron chi connectivity index (χ0n) is 16.2. The average Bonchev–Trinajstić information content (AvgIpc) is 2.60. The second-order valence-electron chi connectivity index (χ2n) is 7.80. The molecule has 0 aliphatic carbocycles. The third kappa shape index (κ3) is 4.25. The average molecular weight is 423 g/mol. The number of para-hydroxylation sites is 1. The van der Waals surface area contributed by atoms with Crippen LogP contribution in [0.1, 0.15) is 26.3 Å². The van der Waals surface area contributed by atoms with Crippen molar-refractivity contribution in [3.8, 4) is 5.75 Å². The van der Waals surface area contributed by atoms with Gasteiger partial charge in [0.1, 0.15) is 5.75 Å². The van der Waals surface area contributed by atoms with Gasteiger partial charge in [0.2, 0.25) is 10.0 Å². The SMILES string of the molecule is CC(C)(C)c1ccc2c(c1)N(S(C)(=O)=O)C[C@H](C(=O)Nc1ccccc1Cl)O2. The van der Waals surface area contributed by atoms with Gasteiger partial charge < -0.3 is 10.1 Å². The minimum absolute atomic E-state index is 0.115. The molecule has 1 aliphatic heterocycles. The van der Waals surface area contributed by atoms with Crippen LogP contribution in [0.5, 0.6) is 5.75 Å². The number of carbonyl (C=O) groups excluding carboxylic acids is 1. The number of hydrogen-bond donors (Lipinski definition) is 1. The molecular formula is C20H23ClN2O4S. The highest BCUT2D eigenvalue weighted by atomic mass is 35.5. The summed E-state index contributed by atoms with van der Waals surface area (Å²) in [6.45, 7) is 6.02. The highest BCUT2D eigenvalue weighted by Crippen LogP contribution is 2.38. The third-order valence-electron chi connectivity index (χ3n) is 4.52. The quantitative estimate of drug-likeness (QED) is 0.816. The predicted octanol–water partition coefficient (Wildman–Crippen LogP) is 3.80. The molecule has 0 unspecified atom stereocenters. The lowest BCUT2D eigenvalue weighted by atomic mass is 9.86. The van der Waals surface area contributed by atoms with Crippen LogP contribution in [-0.4, -0.2) is 33.2 Å². The molecule has 6 nitrogen and oxygen atoms in total. The first-order valence-corrected chi connectivity index (χ1v) is 11.0. The number of benzene rings is 2. The molecular weight excluding hydrogens is 400 g/mol. The molecule has 28 heavy (non-hydrogen) atoms. The van der Waals surface area contributed by atoms with Gasteiger partial charge in [-0.15, -0.1) is 0 Å². The molecule has 8 heteroatoms. The number of nitrogens with one attached hydrogen (secondary N) is 1. The molecule has 0 saturated heterocycles. The number of sulfonamides is 1. The van der Waals surface area contributed by atoms with Gasteiger partial charge in [-0.2, -0.15) is 0 Å². The van der Waals surface area contributed by atoms with Gasteiger partial charge in [-0.1, -0.05) is 50.6 Å². The molecule has 2 aromatic carbocycles. The van der Waals surface area contributed by atoms with E-state index in [0.29, 0.717) is 22.1 Å². The molecule has 1 atom stereocenters. The fourth-order valence-electron chi connectivity index (χ4n) is 2.94. The van der Waals surface area contributed by atoms with Gasteiger partial charge in [-0.05, 0) is 35.2 Å². The highest BCUT2D eigenvalue weighted by Gasteiger charge is 2.36. The van der Waals surface area contributed by atoms with E-state index >= 15 is 0 Å². The maximum absolute atomic E-state index is 12.7. The Hall–Kier alpha value is -2.25. The van der Waals surface area contributed by atoms with Gasteiger partial charge >= 0.3 is 0 Å². The topological polar surface area (TPSA) is 75.7 Å². The van der Waals surface area contributed by atoms with Crippen LogP contribution in [0.4, 0.5) is 11.4 Å². The Morgan fingerprint density at radius 1 is 1.21 bits per heavy atom. The van der Waals surface area contributed by atoms with Crippen LogP contribution in [0.2, 0.25) is 5.02 Å². The van der Waals surface area contributed by atoms with Crippen LogP contribution in [0.15, 0.2) is 42.5 Å². The fraction of sp³-hybridized carbons (Fsp3) is 0.350. The summed E-state index contributed by atoms with van der Waals surface area (Å²) in [6, 6.07) is 12.2. The monoisotopic (exact) mass is 422 g/mol. The lowest BCUT2D eigenvalue weighted by Crippen LogP contribution is -2.48. The van der Waals surface area contributed by atoms with Crippen LogP contribution >= 0.6 is 11.6 Å². The van der Waals surface area contributed by atoms with E-state index in [0.717, 1.165) is 11.8 Å². The first-order valence-electron chi connectivity index (χ1n) is 8.81. The number of hydrogen-bond acceptors (Lipinski definition) is 4. The second-order valence-corrected chi connectivity index (χ2v) is 10.1. The van der Waals surface area contributed by atoms with Gasteiger partial charge in [-0.3, -0.25) is 9.10 Å². The summed E-state index contributed by atoms with van der Waals surface area (Å²) in [5, 5.41) is 3.09. The summed E-state index contributed by atoms with van der Waals surface area (Å²) < 4.78 is 31.9. The molecule has 0 fully saturated rings. The molecule has 1 N–H and O–H groups in total. The number of ether oxygens (including phenoxy) is 1. The molecule has 0 radical (unpaired) electrons. The van der Waals surface area contributed by atoms with Crippen molar-refractivity contribution in [3.63, 3.8) is 0 Å². The van der Waals surface area contributed by atoms with E-state index in [9.17, 15) is 13.2 Å². The van der Waals surface area contributed by atoms with E-state index in [-0.39, 0.29) is 12.0 Å². The van der Waals surface area contributed by atoms with E-state index in [2.05, 4.69) is 5.32 Å². The first kappa shape index (κ1) is 20.5. The number of rotatable bonds is 3. The Balaban J connectivity index is 1.94. The maximum Gasteiger partial charge on any atom is 0.267 e. The zero-order valence-corrected chi connectivity index (χ0v) is 17.8. The van der Waals surface area contributed by atoms with E-state index in [1.807, 2.05) is 26.8 Å². The molecule has 1 amide bonds.